The number of benzene rings is 1. The summed E-state index contributed by atoms with van der Waals surface area (Å²) < 4.78 is 10.9. The third-order valence-corrected chi connectivity index (χ3v) is 5.43. The number of unbranched alkanes of at least 4 members (excludes halogenated alkanes) is 3. The molecule has 1 aromatic rings. The Morgan fingerprint density at radius 1 is 0.913 bits per heavy atom. The van der Waals surface area contributed by atoms with Gasteiger partial charge in [0.05, 0.1) is 14.2 Å². The van der Waals surface area contributed by atoms with E-state index in [2.05, 4.69) is 19.1 Å². The van der Waals surface area contributed by atoms with E-state index in [0.29, 0.717) is 0 Å². The third kappa shape index (κ3) is 5.75. The minimum Gasteiger partial charge on any atom is -0.493 e. The number of rotatable bonds is 9. The first kappa shape index (κ1) is 18.2. The van der Waals surface area contributed by atoms with E-state index >= 15 is 0 Å². The van der Waals surface area contributed by atoms with E-state index in [9.17, 15) is 0 Å². The lowest BCUT2D eigenvalue weighted by Gasteiger charge is -2.26. The zero-order chi connectivity index (χ0) is 16.5. The van der Waals surface area contributed by atoms with Crippen molar-refractivity contribution in [3.8, 4) is 11.5 Å². The van der Waals surface area contributed by atoms with E-state index in [0.717, 1.165) is 29.8 Å². The van der Waals surface area contributed by atoms with Crippen molar-refractivity contribution in [3.05, 3.63) is 23.8 Å². The molecular weight excluding hydrogens is 284 g/mol. The quantitative estimate of drug-likeness (QED) is 0.518. The first-order valence-electron chi connectivity index (χ1n) is 9.44. The average molecular weight is 319 g/mol. The number of methoxy groups -OCH3 is 2. The monoisotopic (exact) mass is 318 g/mol. The van der Waals surface area contributed by atoms with Crippen LogP contribution in [-0.2, 0) is 6.42 Å². The van der Waals surface area contributed by atoms with Crippen LogP contribution in [0, 0.1) is 11.8 Å². The third-order valence-electron chi connectivity index (χ3n) is 5.43. The second kappa shape index (κ2) is 9.85. The molecule has 1 saturated carbocycles. The number of para-hydroxylation sites is 1. The van der Waals surface area contributed by atoms with Gasteiger partial charge in [-0.1, -0.05) is 70.4 Å². The van der Waals surface area contributed by atoms with Crippen molar-refractivity contribution in [2.45, 2.75) is 71.1 Å². The topological polar surface area (TPSA) is 18.5 Å². The molecule has 0 heterocycles. The minimum atomic E-state index is 0.844. The number of ether oxygens (including phenoxy) is 2. The average Bonchev–Trinajstić information content (AvgIpc) is 2.59. The molecule has 0 spiro atoms. The van der Waals surface area contributed by atoms with Gasteiger partial charge in [0.2, 0.25) is 0 Å². The van der Waals surface area contributed by atoms with Gasteiger partial charge in [0, 0.05) is 0 Å². The predicted octanol–water partition coefficient (Wildman–Crippen LogP) is 6.02. The van der Waals surface area contributed by atoms with Gasteiger partial charge in [0.1, 0.15) is 0 Å². The second-order valence-electron chi connectivity index (χ2n) is 7.23. The van der Waals surface area contributed by atoms with Crippen LogP contribution in [0.3, 0.4) is 0 Å². The fourth-order valence-corrected chi connectivity index (χ4v) is 3.87. The molecule has 0 atom stereocenters. The largest absolute Gasteiger partial charge is 0.493 e. The van der Waals surface area contributed by atoms with Gasteiger partial charge in [-0.2, -0.15) is 0 Å². The molecule has 23 heavy (non-hydrogen) atoms. The van der Waals surface area contributed by atoms with Gasteiger partial charge in [-0.25, -0.2) is 0 Å². The molecular formula is C21H34O2. The van der Waals surface area contributed by atoms with E-state index < -0.39 is 0 Å². The second-order valence-corrected chi connectivity index (χ2v) is 7.23. The van der Waals surface area contributed by atoms with Gasteiger partial charge in [-0.15, -0.1) is 0 Å². The van der Waals surface area contributed by atoms with Crippen LogP contribution < -0.4 is 9.47 Å². The van der Waals surface area contributed by atoms with E-state index in [1.165, 1.54) is 63.4 Å². The molecule has 2 heteroatoms. The van der Waals surface area contributed by atoms with Crippen LogP contribution >= 0.6 is 0 Å². The van der Waals surface area contributed by atoms with Crippen molar-refractivity contribution in [3.63, 3.8) is 0 Å². The summed E-state index contributed by atoms with van der Waals surface area (Å²) in [5.74, 6) is 3.75. The summed E-state index contributed by atoms with van der Waals surface area (Å²) >= 11 is 0. The smallest absolute Gasteiger partial charge is 0.163 e. The standard InChI is InChI=1S/C21H34O2/c1-17-13-15-18(16-14-17)9-6-4-5-7-10-19-11-8-12-20(22-2)21(19)23-3/h8,11-12,17-18H,4-7,9-10,13-16H2,1-3H3. The van der Waals surface area contributed by atoms with Crippen LogP contribution in [0.4, 0.5) is 0 Å². The molecule has 1 aromatic carbocycles. The minimum absolute atomic E-state index is 0.844. The van der Waals surface area contributed by atoms with Crippen molar-refractivity contribution < 1.29 is 9.47 Å². The maximum absolute atomic E-state index is 5.51. The summed E-state index contributed by atoms with van der Waals surface area (Å²) in [6, 6.07) is 6.18. The van der Waals surface area contributed by atoms with Crippen LogP contribution in [-0.4, -0.2) is 14.2 Å². The molecule has 0 unspecified atom stereocenters. The molecule has 130 valence electrons. The first-order chi connectivity index (χ1) is 11.2. The molecule has 0 aliphatic heterocycles. The molecule has 0 radical (unpaired) electrons. The number of aryl methyl sites for hydroxylation is 1. The van der Waals surface area contributed by atoms with Crippen molar-refractivity contribution in [2.24, 2.45) is 11.8 Å². The Morgan fingerprint density at radius 3 is 2.35 bits per heavy atom. The zero-order valence-corrected chi connectivity index (χ0v) is 15.3. The van der Waals surface area contributed by atoms with E-state index in [1.807, 2.05) is 6.07 Å². The highest BCUT2D eigenvalue weighted by molar-refractivity contribution is 5.46. The van der Waals surface area contributed by atoms with E-state index in [1.54, 1.807) is 14.2 Å². The molecule has 2 rings (SSSR count). The maximum Gasteiger partial charge on any atom is 0.163 e. The molecule has 1 aliphatic rings. The molecule has 0 saturated heterocycles. The predicted molar refractivity (Wildman–Crippen MR) is 97.5 cm³/mol. The highest BCUT2D eigenvalue weighted by atomic mass is 16.5. The first-order valence-corrected chi connectivity index (χ1v) is 9.44. The Kier molecular flexibility index (Phi) is 7.78. The van der Waals surface area contributed by atoms with Crippen LogP contribution in [0.1, 0.15) is 70.3 Å². The van der Waals surface area contributed by atoms with E-state index in [-0.39, 0.29) is 0 Å². The Bertz CT molecular complexity index is 447. The van der Waals surface area contributed by atoms with Gasteiger partial charge in [0.15, 0.2) is 11.5 Å². The molecule has 2 nitrogen and oxygen atoms in total. The van der Waals surface area contributed by atoms with Gasteiger partial charge >= 0.3 is 0 Å². The lowest BCUT2D eigenvalue weighted by atomic mass is 9.80. The lowest BCUT2D eigenvalue weighted by molar-refractivity contribution is 0.271. The Morgan fingerprint density at radius 2 is 1.65 bits per heavy atom. The fraction of sp³-hybridized carbons (Fsp3) is 0.714. The van der Waals surface area contributed by atoms with Crippen LogP contribution in [0.5, 0.6) is 11.5 Å². The van der Waals surface area contributed by atoms with Crippen molar-refractivity contribution in [2.75, 3.05) is 14.2 Å². The summed E-state index contributed by atoms with van der Waals surface area (Å²) in [5.41, 5.74) is 1.27. The number of hydrogen-bond donors (Lipinski definition) is 0. The van der Waals surface area contributed by atoms with Crippen molar-refractivity contribution in [1.29, 1.82) is 0 Å². The van der Waals surface area contributed by atoms with Gasteiger partial charge < -0.3 is 9.47 Å². The molecule has 0 N–H and O–H groups in total. The fourth-order valence-electron chi connectivity index (χ4n) is 3.87. The highest BCUT2D eigenvalue weighted by Crippen LogP contribution is 2.33. The molecule has 1 fully saturated rings. The van der Waals surface area contributed by atoms with Crippen molar-refractivity contribution in [1.82, 2.24) is 0 Å². The summed E-state index contributed by atoms with van der Waals surface area (Å²) in [5, 5.41) is 0. The molecule has 0 bridgehead atoms. The molecule has 0 aromatic heterocycles. The normalized spacial score (nSPS) is 21.2. The molecule has 1 aliphatic carbocycles. The SMILES string of the molecule is COc1cccc(CCCCCCC2CCC(C)CC2)c1OC. The van der Waals surface area contributed by atoms with Crippen LogP contribution in [0.15, 0.2) is 18.2 Å². The Labute approximate surface area is 142 Å². The zero-order valence-electron chi connectivity index (χ0n) is 15.3. The van der Waals surface area contributed by atoms with Crippen molar-refractivity contribution >= 4 is 0 Å². The summed E-state index contributed by atoms with van der Waals surface area (Å²) in [6.07, 6.45) is 13.8. The Balaban J connectivity index is 1.62. The number of hydrogen-bond acceptors (Lipinski definition) is 2. The van der Waals surface area contributed by atoms with Gasteiger partial charge in [-0.05, 0) is 36.3 Å². The lowest BCUT2D eigenvalue weighted by Crippen LogP contribution is -2.12. The summed E-state index contributed by atoms with van der Waals surface area (Å²) in [4.78, 5) is 0. The Hall–Kier alpha value is -1.18. The van der Waals surface area contributed by atoms with Gasteiger partial charge in [0.25, 0.3) is 0 Å². The maximum atomic E-state index is 5.51. The summed E-state index contributed by atoms with van der Waals surface area (Å²) in [6.45, 7) is 2.41. The van der Waals surface area contributed by atoms with E-state index in [4.69, 9.17) is 9.47 Å². The highest BCUT2D eigenvalue weighted by Gasteiger charge is 2.17. The summed E-state index contributed by atoms with van der Waals surface area (Å²) in [7, 11) is 3.43. The van der Waals surface area contributed by atoms with Crippen LogP contribution in [0.2, 0.25) is 0 Å². The molecule has 0 amide bonds. The van der Waals surface area contributed by atoms with Gasteiger partial charge in [-0.3, -0.25) is 0 Å². The van der Waals surface area contributed by atoms with Crippen LogP contribution in [0.25, 0.3) is 0 Å².